The number of rotatable bonds is 3. The molecule has 0 fully saturated rings. The molecule has 2 rings (SSSR count). The van der Waals surface area contributed by atoms with Gasteiger partial charge in [0.15, 0.2) is 4.34 Å². The van der Waals surface area contributed by atoms with Gasteiger partial charge in [0.1, 0.15) is 11.6 Å². The second kappa shape index (κ2) is 6.66. The highest BCUT2D eigenvalue weighted by Gasteiger charge is 2.06. The highest BCUT2D eigenvalue weighted by molar-refractivity contribution is 8.00. The van der Waals surface area contributed by atoms with Crippen molar-refractivity contribution >= 4 is 23.3 Å². The molecule has 2 N–H and O–H groups in total. The van der Waals surface area contributed by atoms with Gasteiger partial charge >= 0.3 is 0 Å². The SMILES string of the molecule is Cc1nsc(SCc2ccc(F)cc2C#CCN)n1. The monoisotopic (exact) mass is 293 g/mol. The van der Waals surface area contributed by atoms with E-state index in [2.05, 4.69) is 21.2 Å². The van der Waals surface area contributed by atoms with Crippen LogP contribution < -0.4 is 5.73 Å². The van der Waals surface area contributed by atoms with Gasteiger partial charge in [0.05, 0.1) is 6.54 Å². The molecule has 0 atom stereocenters. The molecule has 0 amide bonds. The number of aryl methyl sites for hydroxylation is 1. The molecule has 3 nitrogen and oxygen atoms in total. The lowest BCUT2D eigenvalue weighted by Crippen LogP contribution is -1.95. The normalized spacial score (nSPS) is 10.1. The summed E-state index contributed by atoms with van der Waals surface area (Å²) in [6.45, 7) is 2.12. The summed E-state index contributed by atoms with van der Waals surface area (Å²) in [6, 6.07) is 4.62. The van der Waals surface area contributed by atoms with E-state index >= 15 is 0 Å². The molecule has 6 heteroatoms. The van der Waals surface area contributed by atoms with Crippen LogP contribution in [0.3, 0.4) is 0 Å². The van der Waals surface area contributed by atoms with Crippen LogP contribution in [0.5, 0.6) is 0 Å². The highest BCUT2D eigenvalue weighted by atomic mass is 32.2. The molecule has 0 bridgehead atoms. The number of halogens is 1. The Balaban J connectivity index is 2.15. The minimum atomic E-state index is -0.290. The Kier molecular flexibility index (Phi) is 4.91. The summed E-state index contributed by atoms with van der Waals surface area (Å²) in [4.78, 5) is 4.28. The third-order valence-electron chi connectivity index (χ3n) is 2.26. The third kappa shape index (κ3) is 4.03. The van der Waals surface area contributed by atoms with Crippen molar-refractivity contribution in [1.82, 2.24) is 9.36 Å². The number of nitrogens with two attached hydrogens (primary N) is 1. The predicted molar refractivity (Wildman–Crippen MR) is 76.5 cm³/mol. The van der Waals surface area contributed by atoms with Crippen molar-refractivity contribution in [3.8, 4) is 11.8 Å². The lowest BCUT2D eigenvalue weighted by molar-refractivity contribution is 0.627. The van der Waals surface area contributed by atoms with Gasteiger partial charge in [-0.2, -0.15) is 4.37 Å². The predicted octanol–water partition coefficient (Wildman–Crippen LogP) is 2.59. The number of nitrogens with zero attached hydrogens (tertiary/aromatic N) is 2. The Bertz CT molecular complexity index is 628. The zero-order chi connectivity index (χ0) is 13.7. The Morgan fingerprint density at radius 2 is 2.32 bits per heavy atom. The fourth-order valence-corrected chi connectivity index (χ4v) is 3.06. The van der Waals surface area contributed by atoms with Crippen molar-refractivity contribution < 1.29 is 4.39 Å². The molecule has 1 aromatic carbocycles. The smallest absolute Gasteiger partial charge is 0.170 e. The summed E-state index contributed by atoms with van der Waals surface area (Å²) >= 11 is 2.94. The van der Waals surface area contributed by atoms with Crippen molar-refractivity contribution in [3.63, 3.8) is 0 Å². The zero-order valence-electron chi connectivity index (χ0n) is 10.3. The highest BCUT2D eigenvalue weighted by Crippen LogP contribution is 2.25. The minimum absolute atomic E-state index is 0.263. The van der Waals surface area contributed by atoms with Gasteiger partial charge in [-0.1, -0.05) is 29.7 Å². The number of aromatic nitrogens is 2. The molecule has 98 valence electrons. The molecule has 0 spiro atoms. The molecule has 1 heterocycles. The van der Waals surface area contributed by atoms with Gasteiger partial charge in [-0.3, -0.25) is 0 Å². The number of hydrogen-bond donors (Lipinski definition) is 1. The first-order chi connectivity index (χ1) is 9.19. The molecule has 0 radical (unpaired) electrons. The van der Waals surface area contributed by atoms with E-state index in [0.29, 0.717) is 11.3 Å². The Morgan fingerprint density at radius 1 is 1.47 bits per heavy atom. The summed E-state index contributed by atoms with van der Waals surface area (Å²) in [7, 11) is 0. The van der Waals surface area contributed by atoms with Crippen LogP contribution >= 0.6 is 23.3 Å². The lowest BCUT2D eigenvalue weighted by atomic mass is 10.1. The number of hydrogen-bond acceptors (Lipinski definition) is 5. The van der Waals surface area contributed by atoms with Crippen molar-refractivity contribution in [2.24, 2.45) is 5.73 Å². The molecule has 0 aliphatic rings. The van der Waals surface area contributed by atoms with E-state index < -0.39 is 0 Å². The van der Waals surface area contributed by atoms with Crippen LogP contribution in [0.4, 0.5) is 4.39 Å². The lowest BCUT2D eigenvalue weighted by Gasteiger charge is -2.03. The van der Waals surface area contributed by atoms with Crippen LogP contribution in [0, 0.1) is 24.6 Å². The van der Waals surface area contributed by atoms with Crippen LogP contribution in [-0.4, -0.2) is 15.9 Å². The first-order valence-corrected chi connectivity index (χ1v) is 7.35. The minimum Gasteiger partial charge on any atom is -0.320 e. The maximum Gasteiger partial charge on any atom is 0.170 e. The molecular weight excluding hydrogens is 281 g/mol. The average molecular weight is 293 g/mol. The fraction of sp³-hybridized carbons (Fsp3) is 0.231. The first kappa shape index (κ1) is 14.0. The molecule has 0 aliphatic heterocycles. The Labute approximate surface area is 119 Å². The van der Waals surface area contributed by atoms with E-state index in [-0.39, 0.29) is 12.4 Å². The molecule has 2 aromatic rings. The molecule has 0 aliphatic carbocycles. The second-order valence-corrected chi connectivity index (χ2v) is 5.68. The van der Waals surface area contributed by atoms with Gasteiger partial charge in [0, 0.05) is 11.3 Å². The van der Waals surface area contributed by atoms with E-state index in [1.807, 2.05) is 6.92 Å². The standard InChI is InChI=1S/C13H12FN3S2/c1-9-16-13(19-17-9)18-8-11-4-5-12(14)7-10(11)3-2-6-15/h4-5,7H,6,8,15H2,1H3. The third-order valence-corrected chi connectivity index (χ3v) is 4.23. The molecule has 0 saturated heterocycles. The van der Waals surface area contributed by atoms with Crippen molar-refractivity contribution in [3.05, 3.63) is 41.0 Å². The van der Waals surface area contributed by atoms with Crippen molar-refractivity contribution in [2.75, 3.05) is 6.54 Å². The summed E-state index contributed by atoms with van der Waals surface area (Å²) in [6.07, 6.45) is 0. The van der Waals surface area contributed by atoms with E-state index in [0.717, 1.165) is 15.7 Å². The van der Waals surface area contributed by atoms with Crippen molar-refractivity contribution in [1.29, 1.82) is 0 Å². The van der Waals surface area contributed by atoms with Crippen LogP contribution in [-0.2, 0) is 5.75 Å². The number of thioether (sulfide) groups is 1. The Morgan fingerprint density at radius 3 is 3.00 bits per heavy atom. The van der Waals surface area contributed by atoms with Gasteiger partial charge in [-0.15, -0.1) is 0 Å². The summed E-state index contributed by atoms with van der Waals surface area (Å²) in [5.74, 6) is 6.81. The maximum atomic E-state index is 13.2. The van der Waals surface area contributed by atoms with Gasteiger partial charge < -0.3 is 5.73 Å². The van der Waals surface area contributed by atoms with Crippen LogP contribution in [0.15, 0.2) is 22.5 Å². The zero-order valence-corrected chi connectivity index (χ0v) is 11.9. The fourth-order valence-electron chi connectivity index (χ4n) is 1.41. The second-order valence-electron chi connectivity index (χ2n) is 3.70. The van der Waals surface area contributed by atoms with Gasteiger partial charge in [0.25, 0.3) is 0 Å². The largest absolute Gasteiger partial charge is 0.320 e. The van der Waals surface area contributed by atoms with Gasteiger partial charge in [-0.05, 0) is 36.2 Å². The quantitative estimate of drug-likeness (QED) is 0.698. The van der Waals surface area contributed by atoms with Crippen molar-refractivity contribution in [2.45, 2.75) is 17.0 Å². The number of benzene rings is 1. The summed E-state index contributed by atoms with van der Waals surface area (Å²) in [5.41, 5.74) is 7.00. The summed E-state index contributed by atoms with van der Waals surface area (Å²) in [5, 5.41) is 0. The topological polar surface area (TPSA) is 51.8 Å². The van der Waals surface area contributed by atoms with E-state index in [1.54, 1.807) is 17.8 Å². The van der Waals surface area contributed by atoms with Crippen LogP contribution in [0.2, 0.25) is 0 Å². The van der Waals surface area contributed by atoms with Gasteiger partial charge in [0.2, 0.25) is 0 Å². The molecular formula is C13H12FN3S2. The molecule has 0 saturated carbocycles. The van der Waals surface area contributed by atoms with Crippen LogP contribution in [0.25, 0.3) is 0 Å². The first-order valence-electron chi connectivity index (χ1n) is 5.59. The van der Waals surface area contributed by atoms with Crippen LogP contribution in [0.1, 0.15) is 17.0 Å². The molecule has 19 heavy (non-hydrogen) atoms. The summed E-state index contributed by atoms with van der Waals surface area (Å²) < 4.78 is 18.2. The van der Waals surface area contributed by atoms with E-state index in [9.17, 15) is 4.39 Å². The van der Waals surface area contributed by atoms with Gasteiger partial charge in [-0.25, -0.2) is 9.37 Å². The molecule has 0 unspecified atom stereocenters. The van der Waals surface area contributed by atoms with E-state index in [1.165, 1.54) is 23.7 Å². The average Bonchev–Trinajstić information content (AvgIpc) is 2.81. The Hall–Kier alpha value is -1.42. The molecule has 1 aromatic heterocycles. The van der Waals surface area contributed by atoms with E-state index in [4.69, 9.17) is 5.73 Å². The maximum absolute atomic E-state index is 13.2.